The molecule has 1 fully saturated rings. The lowest BCUT2D eigenvalue weighted by Crippen LogP contribution is -2.41. The maximum Gasteiger partial charge on any atom is 0.238 e. The van der Waals surface area contributed by atoms with E-state index < -0.39 is 0 Å². The fourth-order valence-corrected chi connectivity index (χ4v) is 2.94. The molecule has 116 valence electrons. The Morgan fingerprint density at radius 3 is 2.71 bits per heavy atom. The van der Waals surface area contributed by atoms with Crippen molar-refractivity contribution in [2.75, 3.05) is 37.9 Å². The maximum atomic E-state index is 12.1. The third-order valence-electron chi connectivity index (χ3n) is 3.56. The van der Waals surface area contributed by atoms with Crippen molar-refractivity contribution in [2.24, 2.45) is 0 Å². The van der Waals surface area contributed by atoms with Crippen LogP contribution in [0.2, 0.25) is 10.0 Å². The minimum Gasteiger partial charge on any atom is -0.397 e. The standard InChI is InChI=1S/C14H19Cl2N3O2/c1-19(10-2-4-21-5-3-10)8-13(20)18-14-11(16)6-9(15)7-12(14)17/h6-7,10H,2-5,8,17H2,1H3,(H,18,20). The van der Waals surface area contributed by atoms with Gasteiger partial charge in [-0.1, -0.05) is 23.2 Å². The summed E-state index contributed by atoms with van der Waals surface area (Å²) in [6, 6.07) is 3.48. The van der Waals surface area contributed by atoms with Crippen molar-refractivity contribution in [3.63, 3.8) is 0 Å². The molecule has 1 aliphatic rings. The number of nitrogen functional groups attached to an aromatic ring is 1. The van der Waals surface area contributed by atoms with Gasteiger partial charge in [0, 0.05) is 24.3 Å². The number of hydrogen-bond acceptors (Lipinski definition) is 4. The molecule has 0 unspecified atom stereocenters. The zero-order chi connectivity index (χ0) is 15.4. The second-order valence-electron chi connectivity index (χ2n) is 5.16. The average molecular weight is 332 g/mol. The van der Waals surface area contributed by atoms with Crippen LogP contribution in [0.25, 0.3) is 0 Å². The van der Waals surface area contributed by atoms with Gasteiger partial charge in [0.05, 0.1) is 22.9 Å². The Morgan fingerprint density at radius 2 is 2.10 bits per heavy atom. The highest BCUT2D eigenvalue weighted by Gasteiger charge is 2.21. The van der Waals surface area contributed by atoms with Crippen LogP contribution in [0.1, 0.15) is 12.8 Å². The summed E-state index contributed by atoms with van der Waals surface area (Å²) < 4.78 is 5.32. The summed E-state index contributed by atoms with van der Waals surface area (Å²) in [6.07, 6.45) is 1.88. The van der Waals surface area contributed by atoms with E-state index in [1.807, 2.05) is 11.9 Å². The molecule has 1 aromatic rings. The molecular weight excluding hydrogens is 313 g/mol. The molecular formula is C14H19Cl2N3O2. The summed E-state index contributed by atoms with van der Waals surface area (Å²) >= 11 is 11.9. The molecule has 0 atom stereocenters. The molecule has 1 amide bonds. The van der Waals surface area contributed by atoms with Gasteiger partial charge in [-0.15, -0.1) is 0 Å². The Kier molecular flexibility index (Phi) is 5.70. The predicted octanol–water partition coefficient (Wildman–Crippen LogP) is 2.62. The van der Waals surface area contributed by atoms with Gasteiger partial charge in [-0.25, -0.2) is 0 Å². The zero-order valence-electron chi connectivity index (χ0n) is 11.9. The number of anilines is 2. The molecule has 0 radical (unpaired) electrons. The summed E-state index contributed by atoms with van der Waals surface area (Å²) in [6.45, 7) is 1.77. The molecule has 3 N–H and O–H groups in total. The SMILES string of the molecule is CN(CC(=O)Nc1c(N)cc(Cl)cc1Cl)C1CCOCC1. The number of hydrogen-bond donors (Lipinski definition) is 2. The number of nitrogens with two attached hydrogens (primary N) is 1. The number of rotatable bonds is 4. The monoisotopic (exact) mass is 331 g/mol. The number of carbonyl (C=O) groups is 1. The normalized spacial score (nSPS) is 16.2. The molecule has 1 aromatic carbocycles. The van der Waals surface area contributed by atoms with Crippen LogP contribution >= 0.6 is 23.2 Å². The molecule has 1 aliphatic heterocycles. The third-order valence-corrected chi connectivity index (χ3v) is 4.07. The lowest BCUT2D eigenvalue weighted by molar-refractivity contribution is -0.118. The van der Waals surface area contributed by atoms with Crippen LogP contribution < -0.4 is 11.1 Å². The number of amides is 1. The summed E-state index contributed by atoms with van der Waals surface area (Å²) in [7, 11) is 1.93. The van der Waals surface area contributed by atoms with Crippen molar-refractivity contribution in [1.82, 2.24) is 4.90 Å². The second-order valence-corrected chi connectivity index (χ2v) is 6.00. The van der Waals surface area contributed by atoms with Crippen LogP contribution in [0.3, 0.4) is 0 Å². The number of likely N-dealkylation sites (N-methyl/N-ethyl adjacent to an activating group) is 1. The number of benzene rings is 1. The van der Waals surface area contributed by atoms with Gasteiger partial charge in [-0.3, -0.25) is 9.69 Å². The minimum atomic E-state index is -0.153. The molecule has 0 aliphatic carbocycles. The first kappa shape index (κ1) is 16.4. The molecule has 0 spiro atoms. The number of nitrogens with zero attached hydrogens (tertiary/aromatic N) is 1. The first-order valence-electron chi connectivity index (χ1n) is 6.79. The van der Waals surface area contributed by atoms with Crippen molar-refractivity contribution in [3.8, 4) is 0 Å². The lowest BCUT2D eigenvalue weighted by atomic mass is 10.1. The van der Waals surface area contributed by atoms with Crippen LogP contribution in [0.15, 0.2) is 12.1 Å². The fourth-order valence-electron chi connectivity index (χ4n) is 2.39. The average Bonchev–Trinajstić information content (AvgIpc) is 2.43. The smallest absolute Gasteiger partial charge is 0.238 e. The predicted molar refractivity (Wildman–Crippen MR) is 86.0 cm³/mol. The zero-order valence-corrected chi connectivity index (χ0v) is 13.4. The van der Waals surface area contributed by atoms with Gasteiger partial charge in [-0.2, -0.15) is 0 Å². The van der Waals surface area contributed by atoms with Gasteiger partial charge in [-0.05, 0) is 32.0 Å². The van der Waals surface area contributed by atoms with E-state index in [0.29, 0.717) is 27.5 Å². The highest BCUT2D eigenvalue weighted by Crippen LogP contribution is 2.32. The van der Waals surface area contributed by atoms with E-state index >= 15 is 0 Å². The molecule has 0 saturated carbocycles. The molecule has 0 bridgehead atoms. The number of carbonyl (C=O) groups excluding carboxylic acids is 1. The van der Waals surface area contributed by atoms with Gasteiger partial charge in [0.1, 0.15) is 0 Å². The topological polar surface area (TPSA) is 67.6 Å². The van der Waals surface area contributed by atoms with E-state index in [1.165, 1.54) is 0 Å². The minimum absolute atomic E-state index is 0.153. The first-order valence-corrected chi connectivity index (χ1v) is 7.55. The van der Waals surface area contributed by atoms with Crippen LogP contribution in [-0.2, 0) is 9.53 Å². The number of halogens is 2. The Hall–Kier alpha value is -1.01. The van der Waals surface area contributed by atoms with Crippen molar-refractivity contribution in [2.45, 2.75) is 18.9 Å². The Labute approximate surface area is 134 Å². The van der Waals surface area contributed by atoms with Gasteiger partial charge in [0.25, 0.3) is 0 Å². The van der Waals surface area contributed by atoms with Crippen molar-refractivity contribution >= 4 is 40.5 Å². The van der Waals surface area contributed by atoms with Gasteiger partial charge in [0.15, 0.2) is 0 Å². The Balaban J connectivity index is 1.95. The Morgan fingerprint density at radius 1 is 1.43 bits per heavy atom. The summed E-state index contributed by atoms with van der Waals surface area (Å²) in [5.41, 5.74) is 6.60. The number of ether oxygens (including phenoxy) is 1. The maximum absolute atomic E-state index is 12.1. The molecule has 1 heterocycles. The van der Waals surface area contributed by atoms with Crippen LogP contribution in [0.5, 0.6) is 0 Å². The van der Waals surface area contributed by atoms with Gasteiger partial charge >= 0.3 is 0 Å². The first-order chi connectivity index (χ1) is 9.97. The lowest BCUT2D eigenvalue weighted by Gasteiger charge is -2.30. The van der Waals surface area contributed by atoms with E-state index in [1.54, 1.807) is 12.1 Å². The molecule has 0 aromatic heterocycles. The van der Waals surface area contributed by atoms with Gasteiger partial charge < -0.3 is 15.8 Å². The fraction of sp³-hybridized carbons (Fsp3) is 0.500. The molecule has 5 nitrogen and oxygen atoms in total. The Bertz CT molecular complexity index is 496. The largest absolute Gasteiger partial charge is 0.397 e. The van der Waals surface area contributed by atoms with Crippen molar-refractivity contribution in [1.29, 1.82) is 0 Å². The highest BCUT2D eigenvalue weighted by atomic mass is 35.5. The molecule has 1 saturated heterocycles. The summed E-state index contributed by atoms with van der Waals surface area (Å²) in [4.78, 5) is 14.1. The van der Waals surface area contributed by atoms with E-state index in [0.717, 1.165) is 26.1 Å². The number of nitrogens with one attached hydrogen (secondary N) is 1. The van der Waals surface area contributed by atoms with Crippen molar-refractivity contribution in [3.05, 3.63) is 22.2 Å². The second kappa shape index (κ2) is 7.31. The molecule has 21 heavy (non-hydrogen) atoms. The van der Waals surface area contributed by atoms with E-state index in [2.05, 4.69) is 5.32 Å². The van der Waals surface area contributed by atoms with Crippen LogP contribution in [0.4, 0.5) is 11.4 Å². The van der Waals surface area contributed by atoms with Crippen LogP contribution in [0, 0.1) is 0 Å². The van der Waals surface area contributed by atoms with Crippen LogP contribution in [-0.4, -0.2) is 43.7 Å². The molecule has 2 rings (SSSR count). The van der Waals surface area contributed by atoms with E-state index in [-0.39, 0.29) is 12.5 Å². The van der Waals surface area contributed by atoms with E-state index in [4.69, 9.17) is 33.7 Å². The molecule has 7 heteroatoms. The highest BCUT2D eigenvalue weighted by molar-refractivity contribution is 6.37. The summed E-state index contributed by atoms with van der Waals surface area (Å²) in [5.74, 6) is -0.153. The van der Waals surface area contributed by atoms with Crippen molar-refractivity contribution < 1.29 is 9.53 Å². The third kappa shape index (κ3) is 4.48. The quantitative estimate of drug-likeness (QED) is 0.832. The van der Waals surface area contributed by atoms with E-state index in [9.17, 15) is 4.79 Å². The van der Waals surface area contributed by atoms with Gasteiger partial charge in [0.2, 0.25) is 5.91 Å². The summed E-state index contributed by atoms with van der Waals surface area (Å²) in [5, 5.41) is 3.52.